The van der Waals surface area contributed by atoms with E-state index in [1.165, 1.54) is 6.07 Å². The second-order valence-corrected chi connectivity index (χ2v) is 4.36. The van der Waals surface area contributed by atoms with Gasteiger partial charge in [0.15, 0.2) is 0 Å². The van der Waals surface area contributed by atoms with Crippen molar-refractivity contribution in [1.82, 2.24) is 9.97 Å². The molecule has 0 unspecified atom stereocenters. The van der Waals surface area contributed by atoms with E-state index in [2.05, 4.69) is 9.97 Å². The van der Waals surface area contributed by atoms with Gasteiger partial charge in [0.05, 0.1) is 10.0 Å². The Labute approximate surface area is 108 Å². The Kier molecular flexibility index (Phi) is 3.41. The Morgan fingerprint density at radius 1 is 1.12 bits per heavy atom. The van der Waals surface area contributed by atoms with Gasteiger partial charge < -0.3 is 0 Å². The molecule has 0 radical (unpaired) electrons. The van der Waals surface area contributed by atoms with Crippen molar-refractivity contribution in [3.05, 3.63) is 57.6 Å². The monoisotopic (exact) mass is 266 g/mol. The smallest absolute Gasteiger partial charge is 0.230 e. The van der Waals surface area contributed by atoms with Crippen molar-refractivity contribution >= 4 is 29.0 Å². The maximum absolute atomic E-state index is 12.0. The van der Waals surface area contributed by atoms with Gasteiger partial charge in [-0.1, -0.05) is 23.2 Å². The van der Waals surface area contributed by atoms with E-state index in [4.69, 9.17) is 23.2 Å². The standard InChI is InChI=1S/C12H8Cl2N2O/c1-7-5-15-12(16-6-7)11(17)8-2-3-9(13)10(14)4-8/h2-6H,1H3. The summed E-state index contributed by atoms with van der Waals surface area (Å²) < 4.78 is 0. The lowest BCUT2D eigenvalue weighted by atomic mass is 10.1. The fraction of sp³-hybridized carbons (Fsp3) is 0.0833. The van der Waals surface area contributed by atoms with Crippen molar-refractivity contribution in [3.63, 3.8) is 0 Å². The predicted molar refractivity (Wildman–Crippen MR) is 66.7 cm³/mol. The molecule has 1 heterocycles. The van der Waals surface area contributed by atoms with E-state index in [1.807, 2.05) is 6.92 Å². The zero-order chi connectivity index (χ0) is 12.4. The van der Waals surface area contributed by atoms with Crippen LogP contribution < -0.4 is 0 Å². The molecule has 2 aromatic rings. The van der Waals surface area contributed by atoms with Crippen LogP contribution in [0, 0.1) is 6.92 Å². The van der Waals surface area contributed by atoms with E-state index in [-0.39, 0.29) is 11.6 Å². The maximum atomic E-state index is 12.0. The van der Waals surface area contributed by atoms with E-state index in [0.29, 0.717) is 15.6 Å². The summed E-state index contributed by atoms with van der Waals surface area (Å²) in [4.78, 5) is 19.9. The first kappa shape index (κ1) is 12.0. The molecule has 86 valence electrons. The summed E-state index contributed by atoms with van der Waals surface area (Å²) in [5.74, 6) is -0.127. The SMILES string of the molecule is Cc1cnc(C(=O)c2ccc(Cl)c(Cl)c2)nc1. The van der Waals surface area contributed by atoms with Gasteiger partial charge in [0.25, 0.3) is 0 Å². The van der Waals surface area contributed by atoms with Crippen LogP contribution in [0.1, 0.15) is 21.7 Å². The van der Waals surface area contributed by atoms with Crippen LogP contribution in [0.5, 0.6) is 0 Å². The molecule has 0 aliphatic rings. The van der Waals surface area contributed by atoms with Gasteiger partial charge in [-0.25, -0.2) is 9.97 Å². The number of carbonyl (C=O) groups excluding carboxylic acids is 1. The fourth-order valence-corrected chi connectivity index (χ4v) is 1.57. The number of carbonyl (C=O) groups is 1. The molecule has 1 aromatic heterocycles. The predicted octanol–water partition coefficient (Wildman–Crippen LogP) is 3.32. The van der Waals surface area contributed by atoms with Gasteiger partial charge in [-0.15, -0.1) is 0 Å². The zero-order valence-corrected chi connectivity index (χ0v) is 10.5. The summed E-state index contributed by atoms with van der Waals surface area (Å²) in [6.45, 7) is 1.85. The summed E-state index contributed by atoms with van der Waals surface area (Å²) in [5.41, 5.74) is 1.32. The summed E-state index contributed by atoms with van der Waals surface area (Å²) in [7, 11) is 0. The number of benzene rings is 1. The molecule has 17 heavy (non-hydrogen) atoms. The Balaban J connectivity index is 2.37. The lowest BCUT2D eigenvalue weighted by Crippen LogP contribution is -2.06. The molecule has 0 aliphatic carbocycles. The average Bonchev–Trinajstić information content (AvgIpc) is 2.33. The molecule has 1 aromatic carbocycles. The van der Waals surface area contributed by atoms with E-state index >= 15 is 0 Å². The van der Waals surface area contributed by atoms with Gasteiger partial charge in [0, 0.05) is 18.0 Å². The summed E-state index contributed by atoms with van der Waals surface area (Å²) in [5, 5.41) is 0.748. The molecule has 3 nitrogen and oxygen atoms in total. The van der Waals surface area contributed by atoms with Gasteiger partial charge in [-0.3, -0.25) is 4.79 Å². The number of aromatic nitrogens is 2. The molecule has 0 N–H and O–H groups in total. The first-order chi connectivity index (χ1) is 8.08. The Morgan fingerprint density at radius 2 is 1.76 bits per heavy atom. The highest BCUT2D eigenvalue weighted by Gasteiger charge is 2.13. The number of nitrogens with zero attached hydrogens (tertiary/aromatic N) is 2. The number of aryl methyl sites for hydroxylation is 1. The molecule has 0 saturated heterocycles. The molecule has 0 spiro atoms. The van der Waals surface area contributed by atoms with Gasteiger partial charge in [0.1, 0.15) is 0 Å². The maximum Gasteiger partial charge on any atom is 0.230 e. The highest BCUT2D eigenvalue weighted by Crippen LogP contribution is 2.23. The molecular weight excluding hydrogens is 259 g/mol. The van der Waals surface area contributed by atoms with Crippen LogP contribution in [0.2, 0.25) is 10.0 Å². The average molecular weight is 267 g/mol. The van der Waals surface area contributed by atoms with Crippen molar-refractivity contribution in [2.24, 2.45) is 0 Å². The third kappa shape index (κ3) is 2.62. The third-order valence-corrected chi connectivity index (χ3v) is 2.90. The number of rotatable bonds is 2. The molecule has 0 aliphatic heterocycles. The quantitative estimate of drug-likeness (QED) is 0.784. The minimum Gasteiger partial charge on any atom is -0.285 e. The second kappa shape index (κ2) is 4.82. The van der Waals surface area contributed by atoms with Crippen LogP contribution >= 0.6 is 23.2 Å². The Hall–Kier alpha value is -1.45. The molecule has 2 rings (SSSR count). The van der Waals surface area contributed by atoms with E-state index in [1.54, 1.807) is 24.5 Å². The van der Waals surface area contributed by atoms with Crippen LogP contribution in [-0.4, -0.2) is 15.8 Å². The zero-order valence-electron chi connectivity index (χ0n) is 8.95. The molecule has 0 saturated carbocycles. The second-order valence-electron chi connectivity index (χ2n) is 3.54. The molecule has 0 amide bonds. The number of halogens is 2. The van der Waals surface area contributed by atoms with Crippen LogP contribution in [0.25, 0.3) is 0 Å². The minimum absolute atomic E-state index is 0.147. The molecule has 5 heteroatoms. The summed E-state index contributed by atoms with van der Waals surface area (Å²) >= 11 is 11.6. The van der Waals surface area contributed by atoms with Crippen molar-refractivity contribution in [2.75, 3.05) is 0 Å². The highest BCUT2D eigenvalue weighted by molar-refractivity contribution is 6.42. The van der Waals surface area contributed by atoms with Gasteiger partial charge in [0.2, 0.25) is 11.6 Å². The van der Waals surface area contributed by atoms with Crippen molar-refractivity contribution < 1.29 is 4.79 Å². The summed E-state index contributed by atoms with van der Waals surface area (Å²) in [6, 6.07) is 4.68. The lowest BCUT2D eigenvalue weighted by molar-refractivity contribution is 0.102. The van der Waals surface area contributed by atoms with E-state index < -0.39 is 0 Å². The highest BCUT2D eigenvalue weighted by atomic mass is 35.5. The van der Waals surface area contributed by atoms with Gasteiger partial charge in [-0.05, 0) is 30.7 Å². The van der Waals surface area contributed by atoms with Gasteiger partial charge in [-0.2, -0.15) is 0 Å². The number of hydrogen-bond acceptors (Lipinski definition) is 3. The van der Waals surface area contributed by atoms with Crippen LogP contribution in [0.15, 0.2) is 30.6 Å². The van der Waals surface area contributed by atoms with Crippen molar-refractivity contribution in [1.29, 1.82) is 0 Å². The minimum atomic E-state index is -0.274. The first-order valence-corrected chi connectivity index (χ1v) is 5.62. The topological polar surface area (TPSA) is 42.9 Å². The van der Waals surface area contributed by atoms with Crippen LogP contribution in [-0.2, 0) is 0 Å². The number of ketones is 1. The van der Waals surface area contributed by atoms with Crippen LogP contribution in [0.3, 0.4) is 0 Å². The van der Waals surface area contributed by atoms with Crippen molar-refractivity contribution in [2.45, 2.75) is 6.92 Å². The third-order valence-electron chi connectivity index (χ3n) is 2.17. The summed E-state index contributed by atoms with van der Waals surface area (Å²) in [6.07, 6.45) is 3.19. The Morgan fingerprint density at radius 3 is 2.35 bits per heavy atom. The molecule has 0 bridgehead atoms. The Bertz CT molecular complexity index is 567. The molecule has 0 atom stereocenters. The fourth-order valence-electron chi connectivity index (χ4n) is 1.28. The first-order valence-electron chi connectivity index (χ1n) is 4.86. The normalized spacial score (nSPS) is 10.3. The lowest BCUT2D eigenvalue weighted by Gasteiger charge is -2.01. The molecule has 0 fully saturated rings. The molecular formula is C12H8Cl2N2O. The number of hydrogen-bond donors (Lipinski definition) is 0. The van der Waals surface area contributed by atoms with Crippen LogP contribution in [0.4, 0.5) is 0 Å². The largest absolute Gasteiger partial charge is 0.285 e. The van der Waals surface area contributed by atoms with Gasteiger partial charge >= 0.3 is 0 Å². The van der Waals surface area contributed by atoms with E-state index in [9.17, 15) is 4.79 Å². The van der Waals surface area contributed by atoms with E-state index in [0.717, 1.165) is 5.56 Å². The van der Waals surface area contributed by atoms with Crippen molar-refractivity contribution in [3.8, 4) is 0 Å².